The van der Waals surface area contributed by atoms with E-state index in [0.29, 0.717) is 6.04 Å². The average molecular weight is 299 g/mol. The molecule has 1 fully saturated rings. The van der Waals surface area contributed by atoms with Crippen LogP contribution in [0, 0.1) is 6.92 Å². The summed E-state index contributed by atoms with van der Waals surface area (Å²) in [7, 11) is 2.19. The Morgan fingerprint density at radius 2 is 1.73 bits per heavy atom. The molecule has 0 spiro atoms. The second-order valence-electron chi connectivity index (χ2n) is 6.22. The SMILES string of the molecule is Cc1nc2ccccc2nc1NCC(C)N1CCN(C)CC1. The number of aryl methyl sites for hydroxylation is 1. The Hall–Kier alpha value is -1.72. The van der Waals surface area contributed by atoms with E-state index < -0.39 is 0 Å². The summed E-state index contributed by atoms with van der Waals surface area (Å²) in [4.78, 5) is 14.3. The van der Waals surface area contributed by atoms with Crippen LogP contribution >= 0.6 is 0 Å². The summed E-state index contributed by atoms with van der Waals surface area (Å²) in [5.74, 6) is 0.902. The molecule has 0 bridgehead atoms. The van der Waals surface area contributed by atoms with Gasteiger partial charge in [-0.05, 0) is 33.0 Å². The molecular weight excluding hydrogens is 274 g/mol. The third kappa shape index (κ3) is 3.36. The molecule has 22 heavy (non-hydrogen) atoms. The number of aromatic nitrogens is 2. The number of para-hydroxylation sites is 2. The van der Waals surface area contributed by atoms with E-state index in [0.717, 1.165) is 55.3 Å². The van der Waals surface area contributed by atoms with Crippen molar-refractivity contribution in [1.82, 2.24) is 19.8 Å². The molecule has 1 unspecified atom stereocenters. The highest BCUT2D eigenvalue weighted by Gasteiger charge is 2.19. The number of hydrogen-bond acceptors (Lipinski definition) is 5. The quantitative estimate of drug-likeness (QED) is 0.935. The highest BCUT2D eigenvalue weighted by molar-refractivity contribution is 5.76. The Morgan fingerprint density at radius 1 is 1.09 bits per heavy atom. The molecule has 3 rings (SSSR count). The highest BCUT2D eigenvalue weighted by Crippen LogP contribution is 2.16. The van der Waals surface area contributed by atoms with E-state index in [2.05, 4.69) is 34.1 Å². The minimum absolute atomic E-state index is 0.501. The standard InChI is InChI=1S/C17H25N5/c1-13(22-10-8-21(3)9-11-22)12-18-17-14(2)19-15-6-4-5-7-16(15)20-17/h4-7,13H,8-12H2,1-3H3,(H,18,20). The summed E-state index contributed by atoms with van der Waals surface area (Å²) in [6.07, 6.45) is 0. The van der Waals surface area contributed by atoms with Crippen LogP contribution in [0.15, 0.2) is 24.3 Å². The zero-order valence-electron chi connectivity index (χ0n) is 13.7. The van der Waals surface area contributed by atoms with E-state index in [1.807, 2.05) is 31.2 Å². The fourth-order valence-corrected chi connectivity index (χ4v) is 2.89. The number of nitrogens with one attached hydrogen (secondary N) is 1. The van der Waals surface area contributed by atoms with Crippen LogP contribution in [0.1, 0.15) is 12.6 Å². The lowest BCUT2D eigenvalue weighted by molar-refractivity contribution is 0.123. The first-order chi connectivity index (χ1) is 10.6. The molecule has 1 aromatic heterocycles. The summed E-state index contributed by atoms with van der Waals surface area (Å²) in [6, 6.07) is 8.52. The number of benzene rings is 1. The van der Waals surface area contributed by atoms with E-state index in [1.165, 1.54) is 0 Å². The summed E-state index contributed by atoms with van der Waals surface area (Å²) in [6.45, 7) is 9.78. The fourth-order valence-electron chi connectivity index (χ4n) is 2.89. The van der Waals surface area contributed by atoms with Crippen molar-refractivity contribution in [3.63, 3.8) is 0 Å². The number of fused-ring (bicyclic) bond motifs is 1. The van der Waals surface area contributed by atoms with Crippen molar-refractivity contribution in [2.24, 2.45) is 0 Å². The van der Waals surface area contributed by atoms with Crippen molar-refractivity contribution >= 4 is 16.9 Å². The molecule has 1 N–H and O–H groups in total. The van der Waals surface area contributed by atoms with E-state index in [1.54, 1.807) is 0 Å². The maximum Gasteiger partial charge on any atom is 0.148 e. The number of likely N-dealkylation sites (N-methyl/N-ethyl adjacent to an activating group) is 1. The number of anilines is 1. The smallest absolute Gasteiger partial charge is 0.148 e. The molecule has 5 nitrogen and oxygen atoms in total. The maximum atomic E-state index is 4.70. The lowest BCUT2D eigenvalue weighted by atomic mass is 10.2. The van der Waals surface area contributed by atoms with Crippen LogP contribution in [0.5, 0.6) is 0 Å². The van der Waals surface area contributed by atoms with Gasteiger partial charge in [0.25, 0.3) is 0 Å². The maximum absolute atomic E-state index is 4.70. The van der Waals surface area contributed by atoms with Crippen LogP contribution in [0.2, 0.25) is 0 Å². The van der Waals surface area contributed by atoms with Gasteiger partial charge in [0.05, 0.1) is 16.7 Å². The first kappa shape index (κ1) is 15.2. The van der Waals surface area contributed by atoms with Crippen molar-refractivity contribution in [2.45, 2.75) is 19.9 Å². The molecule has 2 heterocycles. The molecule has 1 aliphatic heterocycles. The Morgan fingerprint density at radius 3 is 2.41 bits per heavy atom. The van der Waals surface area contributed by atoms with Gasteiger partial charge in [0.1, 0.15) is 5.82 Å². The summed E-state index contributed by atoms with van der Waals surface area (Å²) < 4.78 is 0. The molecule has 118 valence electrons. The molecule has 1 atom stereocenters. The average Bonchev–Trinajstić information content (AvgIpc) is 2.53. The molecule has 0 saturated carbocycles. The highest BCUT2D eigenvalue weighted by atomic mass is 15.3. The van der Waals surface area contributed by atoms with Gasteiger partial charge in [-0.2, -0.15) is 0 Å². The predicted molar refractivity (Wildman–Crippen MR) is 91.3 cm³/mol. The summed E-state index contributed by atoms with van der Waals surface area (Å²) >= 11 is 0. The topological polar surface area (TPSA) is 44.3 Å². The fraction of sp³-hybridized carbons (Fsp3) is 0.529. The van der Waals surface area contributed by atoms with Gasteiger partial charge in [-0.1, -0.05) is 12.1 Å². The van der Waals surface area contributed by atoms with Gasteiger partial charge in [-0.25, -0.2) is 9.97 Å². The van der Waals surface area contributed by atoms with Crippen molar-refractivity contribution in [3.8, 4) is 0 Å². The number of rotatable bonds is 4. The van der Waals surface area contributed by atoms with E-state index in [-0.39, 0.29) is 0 Å². The summed E-state index contributed by atoms with van der Waals surface area (Å²) in [5, 5.41) is 3.48. The lowest BCUT2D eigenvalue weighted by Crippen LogP contribution is -2.49. The van der Waals surface area contributed by atoms with Crippen molar-refractivity contribution in [1.29, 1.82) is 0 Å². The van der Waals surface area contributed by atoms with Gasteiger partial charge in [-0.15, -0.1) is 0 Å². The molecule has 0 aliphatic carbocycles. The van der Waals surface area contributed by atoms with Crippen LogP contribution in [-0.2, 0) is 0 Å². The third-order valence-corrected chi connectivity index (χ3v) is 4.47. The van der Waals surface area contributed by atoms with Crippen LogP contribution in [0.3, 0.4) is 0 Å². The van der Waals surface area contributed by atoms with Crippen LogP contribution < -0.4 is 5.32 Å². The number of hydrogen-bond donors (Lipinski definition) is 1. The first-order valence-corrected chi connectivity index (χ1v) is 8.03. The minimum atomic E-state index is 0.501. The van der Waals surface area contributed by atoms with Crippen molar-refractivity contribution < 1.29 is 0 Å². The Labute approximate surface area is 132 Å². The Bertz CT molecular complexity index is 634. The largest absolute Gasteiger partial charge is 0.367 e. The lowest BCUT2D eigenvalue weighted by Gasteiger charge is -2.36. The van der Waals surface area contributed by atoms with E-state index in [4.69, 9.17) is 4.98 Å². The Kier molecular flexibility index (Phi) is 4.55. The van der Waals surface area contributed by atoms with Crippen LogP contribution in [-0.4, -0.2) is 65.6 Å². The second kappa shape index (κ2) is 6.58. The van der Waals surface area contributed by atoms with Crippen LogP contribution in [0.4, 0.5) is 5.82 Å². The van der Waals surface area contributed by atoms with Crippen molar-refractivity contribution in [3.05, 3.63) is 30.0 Å². The normalized spacial score (nSPS) is 18.5. The number of piperazine rings is 1. The van der Waals surface area contributed by atoms with E-state index >= 15 is 0 Å². The zero-order chi connectivity index (χ0) is 15.5. The molecule has 0 radical (unpaired) electrons. The van der Waals surface area contributed by atoms with Gasteiger partial charge in [0, 0.05) is 38.8 Å². The molecular formula is C17H25N5. The third-order valence-electron chi connectivity index (χ3n) is 4.47. The monoisotopic (exact) mass is 299 g/mol. The summed E-state index contributed by atoms with van der Waals surface area (Å²) in [5.41, 5.74) is 2.87. The molecule has 1 aromatic carbocycles. The van der Waals surface area contributed by atoms with Crippen molar-refractivity contribution in [2.75, 3.05) is 45.1 Å². The second-order valence-corrected chi connectivity index (χ2v) is 6.22. The number of nitrogens with zero attached hydrogens (tertiary/aromatic N) is 4. The minimum Gasteiger partial charge on any atom is -0.367 e. The van der Waals surface area contributed by atoms with Crippen LogP contribution in [0.25, 0.3) is 11.0 Å². The predicted octanol–water partition coefficient (Wildman–Crippen LogP) is 1.99. The van der Waals surface area contributed by atoms with Gasteiger partial charge >= 0.3 is 0 Å². The Balaban J connectivity index is 1.64. The molecule has 1 saturated heterocycles. The van der Waals surface area contributed by atoms with Gasteiger partial charge in [0.2, 0.25) is 0 Å². The molecule has 5 heteroatoms. The molecule has 1 aliphatic rings. The zero-order valence-corrected chi connectivity index (χ0v) is 13.7. The van der Waals surface area contributed by atoms with Gasteiger partial charge < -0.3 is 10.2 Å². The molecule has 0 amide bonds. The van der Waals surface area contributed by atoms with Gasteiger partial charge in [0.15, 0.2) is 0 Å². The van der Waals surface area contributed by atoms with Gasteiger partial charge in [-0.3, -0.25) is 4.90 Å². The molecule has 2 aromatic rings. The first-order valence-electron chi connectivity index (χ1n) is 8.03. The van der Waals surface area contributed by atoms with E-state index in [9.17, 15) is 0 Å².